The van der Waals surface area contributed by atoms with E-state index in [4.69, 9.17) is 5.11 Å². The summed E-state index contributed by atoms with van der Waals surface area (Å²) in [5, 5.41) is 8.11. The average molecular weight is 313 g/mol. The zero-order chi connectivity index (χ0) is 16.2. The van der Waals surface area contributed by atoms with Crippen LogP contribution in [0.25, 0.3) is 0 Å². The van der Waals surface area contributed by atoms with Gasteiger partial charge in [-0.05, 0) is 31.5 Å². The molecule has 1 rings (SSSR count). The van der Waals surface area contributed by atoms with Crippen LogP contribution in [0.1, 0.15) is 19.4 Å². The van der Waals surface area contributed by atoms with Crippen LogP contribution in [0.5, 0.6) is 0 Å². The van der Waals surface area contributed by atoms with Gasteiger partial charge in [0.25, 0.3) is 0 Å². The Morgan fingerprint density at radius 2 is 1.71 bits per heavy atom. The van der Waals surface area contributed by atoms with E-state index in [0.717, 1.165) is 4.90 Å². The monoisotopic (exact) mass is 313 g/mol. The van der Waals surface area contributed by atoms with E-state index in [-0.39, 0.29) is 23.8 Å². The highest BCUT2D eigenvalue weighted by atomic mass is 32.2. The smallest absolute Gasteiger partial charge is 0.323 e. The van der Waals surface area contributed by atoms with Crippen molar-refractivity contribution in [2.45, 2.75) is 30.4 Å². The molecule has 21 heavy (non-hydrogen) atoms. The van der Waals surface area contributed by atoms with Gasteiger partial charge in [-0.1, -0.05) is 12.1 Å². The van der Waals surface area contributed by atoms with Crippen molar-refractivity contribution in [2.75, 3.05) is 13.6 Å². The number of likely N-dealkylation sites (N-methyl/N-ethyl adjacent to an activating group) is 1. The number of hydrogen-bond donors (Lipinski definition) is 1. The van der Waals surface area contributed by atoms with Crippen LogP contribution in [0, 0.1) is 0 Å². The average Bonchev–Trinajstić information content (AvgIpc) is 2.38. The molecule has 0 saturated carbocycles. The molecule has 6 nitrogen and oxygen atoms in total. The molecule has 0 aromatic heterocycles. The lowest BCUT2D eigenvalue weighted by Gasteiger charge is -2.14. The first-order chi connectivity index (χ1) is 9.64. The normalized spacial score (nSPS) is 11.4. The first kappa shape index (κ1) is 17.2. The van der Waals surface area contributed by atoms with E-state index in [0.29, 0.717) is 5.56 Å². The van der Waals surface area contributed by atoms with Gasteiger partial charge in [-0.15, -0.1) is 0 Å². The molecule has 1 aromatic carbocycles. The Balaban J connectivity index is 2.80. The topological polar surface area (TPSA) is 91.8 Å². The summed E-state index contributed by atoms with van der Waals surface area (Å²) in [6, 6.07) is 6.08. The Kier molecular flexibility index (Phi) is 5.48. The second-order valence-corrected chi connectivity index (χ2v) is 7.56. The predicted molar refractivity (Wildman–Crippen MR) is 77.7 cm³/mol. The van der Waals surface area contributed by atoms with Crippen molar-refractivity contribution in [1.29, 1.82) is 0 Å². The van der Waals surface area contributed by atoms with Crippen molar-refractivity contribution >= 4 is 21.7 Å². The molecule has 0 aliphatic heterocycles. The van der Waals surface area contributed by atoms with Crippen molar-refractivity contribution < 1.29 is 23.1 Å². The minimum atomic E-state index is -3.33. The van der Waals surface area contributed by atoms with Crippen LogP contribution in [0.4, 0.5) is 0 Å². The molecule has 0 fully saturated rings. The first-order valence-electron chi connectivity index (χ1n) is 6.43. The molecule has 0 radical (unpaired) electrons. The number of amides is 1. The number of nitrogens with zero attached hydrogens (tertiary/aromatic N) is 1. The Hall–Kier alpha value is -1.89. The highest BCUT2D eigenvalue weighted by Crippen LogP contribution is 2.16. The summed E-state index contributed by atoms with van der Waals surface area (Å²) < 4.78 is 23.9. The van der Waals surface area contributed by atoms with E-state index >= 15 is 0 Å². The van der Waals surface area contributed by atoms with Gasteiger partial charge in [-0.3, -0.25) is 9.59 Å². The van der Waals surface area contributed by atoms with Gasteiger partial charge in [0, 0.05) is 7.05 Å². The molecule has 0 aliphatic rings. The number of carboxylic acid groups (broad SMARTS) is 1. The number of carboxylic acids is 1. The molecular weight excluding hydrogens is 294 g/mol. The third-order valence-corrected chi connectivity index (χ3v) is 5.20. The molecule has 1 aromatic rings. The molecule has 7 heteroatoms. The van der Waals surface area contributed by atoms with Crippen LogP contribution in [0.15, 0.2) is 29.2 Å². The number of sulfone groups is 1. The van der Waals surface area contributed by atoms with E-state index in [2.05, 4.69) is 0 Å². The lowest BCUT2D eigenvalue weighted by Crippen LogP contribution is -2.33. The van der Waals surface area contributed by atoms with E-state index in [1.165, 1.54) is 19.2 Å². The number of aliphatic carboxylic acids is 1. The van der Waals surface area contributed by atoms with Crippen LogP contribution < -0.4 is 0 Å². The molecule has 0 heterocycles. The van der Waals surface area contributed by atoms with E-state index in [1.807, 2.05) is 0 Å². The molecule has 0 atom stereocenters. The number of rotatable bonds is 6. The van der Waals surface area contributed by atoms with Gasteiger partial charge < -0.3 is 10.0 Å². The molecule has 0 spiro atoms. The summed E-state index contributed by atoms with van der Waals surface area (Å²) in [7, 11) is -1.92. The maximum absolute atomic E-state index is 12.0. The summed E-state index contributed by atoms with van der Waals surface area (Å²) in [4.78, 5) is 23.6. The molecule has 116 valence electrons. The van der Waals surface area contributed by atoms with Gasteiger partial charge in [-0.25, -0.2) is 8.42 Å². The highest BCUT2D eigenvalue weighted by molar-refractivity contribution is 7.92. The molecule has 1 N–H and O–H groups in total. The van der Waals surface area contributed by atoms with Crippen molar-refractivity contribution in [2.24, 2.45) is 0 Å². The Morgan fingerprint density at radius 1 is 1.19 bits per heavy atom. The van der Waals surface area contributed by atoms with Crippen molar-refractivity contribution in [1.82, 2.24) is 4.90 Å². The summed E-state index contributed by atoms with van der Waals surface area (Å²) in [5.41, 5.74) is 0.639. The van der Waals surface area contributed by atoms with Crippen LogP contribution in [-0.2, 0) is 25.8 Å². The Morgan fingerprint density at radius 3 is 2.14 bits per heavy atom. The fraction of sp³-hybridized carbons (Fsp3) is 0.429. The van der Waals surface area contributed by atoms with Crippen LogP contribution in [0.2, 0.25) is 0 Å². The Bertz CT molecular complexity index is 619. The van der Waals surface area contributed by atoms with Crippen molar-refractivity contribution in [3.05, 3.63) is 29.8 Å². The number of carbonyl (C=O) groups excluding carboxylic acids is 1. The highest BCUT2D eigenvalue weighted by Gasteiger charge is 2.19. The van der Waals surface area contributed by atoms with Gasteiger partial charge in [-0.2, -0.15) is 0 Å². The quantitative estimate of drug-likeness (QED) is 0.844. The fourth-order valence-corrected chi connectivity index (χ4v) is 2.73. The number of carbonyl (C=O) groups is 2. The lowest BCUT2D eigenvalue weighted by atomic mass is 10.1. The molecule has 1 amide bonds. The van der Waals surface area contributed by atoms with Crippen molar-refractivity contribution in [3.63, 3.8) is 0 Å². The minimum absolute atomic E-state index is 0.0335. The summed E-state index contributed by atoms with van der Waals surface area (Å²) >= 11 is 0. The van der Waals surface area contributed by atoms with Crippen LogP contribution in [-0.4, -0.2) is 49.1 Å². The zero-order valence-corrected chi connectivity index (χ0v) is 13.1. The first-order valence-corrected chi connectivity index (χ1v) is 7.98. The standard InChI is InChI=1S/C14H19NO5S/c1-10(2)21(19,20)12-6-4-11(5-7-12)8-13(16)15(3)9-14(17)18/h4-7,10H,8-9H2,1-3H3,(H,17,18). The third kappa shape index (κ3) is 4.56. The van der Waals surface area contributed by atoms with Crippen molar-refractivity contribution in [3.8, 4) is 0 Å². The van der Waals surface area contributed by atoms with Crippen LogP contribution in [0.3, 0.4) is 0 Å². The van der Waals surface area contributed by atoms with Gasteiger partial charge in [0.05, 0.1) is 16.6 Å². The fourth-order valence-electron chi connectivity index (χ4n) is 1.67. The van der Waals surface area contributed by atoms with E-state index < -0.39 is 21.1 Å². The largest absolute Gasteiger partial charge is 0.480 e. The molecule has 0 aliphatic carbocycles. The second-order valence-electron chi connectivity index (χ2n) is 5.06. The maximum Gasteiger partial charge on any atom is 0.323 e. The predicted octanol–water partition coefficient (Wildman–Crippen LogP) is 0.954. The molecule has 0 unspecified atom stereocenters. The number of hydrogen-bond acceptors (Lipinski definition) is 4. The van der Waals surface area contributed by atoms with Gasteiger partial charge >= 0.3 is 5.97 Å². The van der Waals surface area contributed by atoms with Gasteiger partial charge in [0.1, 0.15) is 6.54 Å². The molecular formula is C14H19NO5S. The Labute approximate surface area is 124 Å². The SMILES string of the molecule is CC(C)S(=O)(=O)c1ccc(CC(=O)N(C)CC(=O)O)cc1. The van der Waals surface area contributed by atoms with Gasteiger partial charge in [0.15, 0.2) is 9.84 Å². The maximum atomic E-state index is 12.0. The summed E-state index contributed by atoms with van der Waals surface area (Å²) in [5.74, 6) is -1.42. The van der Waals surface area contributed by atoms with Gasteiger partial charge in [0.2, 0.25) is 5.91 Å². The van der Waals surface area contributed by atoms with E-state index in [9.17, 15) is 18.0 Å². The van der Waals surface area contributed by atoms with Crippen LogP contribution >= 0.6 is 0 Å². The summed E-state index contributed by atoms with van der Waals surface area (Å²) in [6.07, 6.45) is 0.0335. The molecule has 0 saturated heterocycles. The zero-order valence-electron chi connectivity index (χ0n) is 12.2. The minimum Gasteiger partial charge on any atom is -0.480 e. The summed E-state index contributed by atoms with van der Waals surface area (Å²) in [6.45, 7) is 2.85. The third-order valence-electron chi connectivity index (χ3n) is 3.03. The lowest BCUT2D eigenvalue weighted by molar-refractivity contribution is -0.143. The van der Waals surface area contributed by atoms with E-state index in [1.54, 1.807) is 26.0 Å². The second kappa shape index (κ2) is 6.71. The number of benzene rings is 1. The molecule has 0 bridgehead atoms.